The van der Waals surface area contributed by atoms with Gasteiger partial charge in [-0.1, -0.05) is 89.3 Å². The zero-order valence-electron chi connectivity index (χ0n) is 16.1. The molecule has 0 bridgehead atoms. The highest BCUT2D eigenvalue weighted by Gasteiger charge is 2.13. The first-order valence-corrected chi connectivity index (χ1v) is 10.3. The van der Waals surface area contributed by atoms with Crippen molar-refractivity contribution in [2.75, 3.05) is 0 Å². The van der Waals surface area contributed by atoms with E-state index in [4.69, 9.17) is 4.42 Å². The number of unbranched alkanes of at least 4 members (excludes halogenated alkanes) is 10. The van der Waals surface area contributed by atoms with Crippen LogP contribution in [-0.2, 0) is 0 Å². The molecule has 0 atom stereocenters. The topological polar surface area (TPSA) is 47.3 Å². The Bertz CT molecular complexity index is 730. The van der Waals surface area contributed by atoms with Gasteiger partial charge in [-0.05, 0) is 18.6 Å². The summed E-state index contributed by atoms with van der Waals surface area (Å²) in [6, 6.07) is 8.96. The van der Waals surface area contributed by atoms with Gasteiger partial charge in [0.15, 0.2) is 5.78 Å². The Balaban J connectivity index is 1.62. The van der Waals surface area contributed by atoms with E-state index in [0.29, 0.717) is 12.0 Å². The lowest BCUT2D eigenvalue weighted by molar-refractivity contribution is 0.0975. The maximum atomic E-state index is 12.3. The third-order valence-electron chi connectivity index (χ3n) is 4.95. The van der Waals surface area contributed by atoms with Crippen molar-refractivity contribution in [3.8, 4) is 0 Å². The summed E-state index contributed by atoms with van der Waals surface area (Å²) in [5.41, 5.74) is 0.205. The van der Waals surface area contributed by atoms with E-state index in [0.717, 1.165) is 18.2 Å². The van der Waals surface area contributed by atoms with Crippen LogP contribution in [-0.4, -0.2) is 5.78 Å². The fourth-order valence-corrected chi connectivity index (χ4v) is 3.34. The van der Waals surface area contributed by atoms with Crippen LogP contribution in [0.5, 0.6) is 0 Å². The number of hydrogen-bond acceptors (Lipinski definition) is 3. The third kappa shape index (κ3) is 6.78. The monoisotopic (exact) mass is 356 g/mol. The molecule has 0 spiro atoms. The SMILES string of the molecule is CCCCCCCCCCCCCC(=O)c1cc2ccccc2oc1=O. The lowest BCUT2D eigenvalue weighted by atomic mass is 10.0. The van der Waals surface area contributed by atoms with Gasteiger partial charge in [-0.25, -0.2) is 4.79 Å². The number of carbonyl (C=O) groups is 1. The Morgan fingerprint density at radius 3 is 2.08 bits per heavy atom. The van der Waals surface area contributed by atoms with E-state index in [1.807, 2.05) is 18.2 Å². The molecular formula is C23H32O3. The number of rotatable bonds is 13. The fraction of sp³-hybridized carbons (Fsp3) is 0.565. The molecule has 2 aromatic rings. The average molecular weight is 357 g/mol. The summed E-state index contributed by atoms with van der Waals surface area (Å²) >= 11 is 0. The normalized spacial score (nSPS) is 11.1. The molecule has 3 nitrogen and oxygen atoms in total. The Hall–Kier alpha value is -1.90. The smallest absolute Gasteiger partial charge is 0.347 e. The number of ketones is 1. The second-order valence-corrected chi connectivity index (χ2v) is 7.19. The highest BCUT2D eigenvalue weighted by molar-refractivity contribution is 5.98. The lowest BCUT2D eigenvalue weighted by Gasteiger charge is -2.03. The maximum Gasteiger partial charge on any atom is 0.347 e. The molecular weight excluding hydrogens is 324 g/mol. The average Bonchev–Trinajstić information content (AvgIpc) is 2.65. The van der Waals surface area contributed by atoms with E-state index in [9.17, 15) is 9.59 Å². The van der Waals surface area contributed by atoms with Gasteiger partial charge in [0, 0.05) is 11.8 Å². The minimum Gasteiger partial charge on any atom is -0.422 e. The number of carbonyl (C=O) groups excluding carboxylic acids is 1. The van der Waals surface area contributed by atoms with Gasteiger partial charge in [0.1, 0.15) is 11.1 Å². The summed E-state index contributed by atoms with van der Waals surface area (Å²) in [6.45, 7) is 2.25. The summed E-state index contributed by atoms with van der Waals surface area (Å²) < 4.78 is 5.24. The van der Waals surface area contributed by atoms with E-state index in [-0.39, 0.29) is 11.3 Å². The molecule has 0 aliphatic carbocycles. The van der Waals surface area contributed by atoms with Gasteiger partial charge in [0.05, 0.1) is 0 Å². The molecule has 3 heteroatoms. The molecule has 142 valence electrons. The molecule has 0 N–H and O–H groups in total. The first kappa shape index (κ1) is 20.4. The van der Waals surface area contributed by atoms with Gasteiger partial charge in [-0.3, -0.25) is 4.79 Å². The molecule has 1 aromatic heterocycles. The standard InChI is InChI=1S/C23H32O3/c1-2-3-4-5-6-7-8-9-10-11-12-16-21(24)20-18-19-15-13-14-17-22(19)26-23(20)25/h13-15,17-18H,2-12,16H2,1H3. The Kier molecular flexibility index (Phi) is 9.16. The van der Waals surface area contributed by atoms with E-state index >= 15 is 0 Å². The zero-order valence-corrected chi connectivity index (χ0v) is 16.1. The highest BCUT2D eigenvalue weighted by Crippen LogP contribution is 2.15. The minimum atomic E-state index is -0.517. The molecule has 1 aromatic carbocycles. The molecule has 0 aliphatic heterocycles. The van der Waals surface area contributed by atoms with Crippen LogP contribution in [0.1, 0.15) is 94.3 Å². The molecule has 0 radical (unpaired) electrons. The summed E-state index contributed by atoms with van der Waals surface area (Å²) in [6.07, 6.45) is 14.2. The predicted octanol–water partition coefficient (Wildman–Crippen LogP) is 6.68. The van der Waals surface area contributed by atoms with Crippen LogP contribution in [0.3, 0.4) is 0 Å². The predicted molar refractivity (Wildman–Crippen MR) is 108 cm³/mol. The lowest BCUT2D eigenvalue weighted by Crippen LogP contribution is -2.13. The third-order valence-corrected chi connectivity index (χ3v) is 4.95. The first-order valence-electron chi connectivity index (χ1n) is 10.3. The van der Waals surface area contributed by atoms with Crippen LogP contribution >= 0.6 is 0 Å². The minimum absolute atomic E-state index is 0.0968. The summed E-state index contributed by atoms with van der Waals surface area (Å²) in [5.74, 6) is -0.0968. The van der Waals surface area contributed by atoms with Crippen molar-refractivity contribution >= 4 is 16.8 Å². The van der Waals surface area contributed by atoms with Crippen molar-refractivity contribution in [2.45, 2.75) is 84.0 Å². The van der Waals surface area contributed by atoms with Crippen molar-refractivity contribution in [3.05, 3.63) is 46.3 Å². The van der Waals surface area contributed by atoms with E-state index in [1.165, 1.54) is 57.8 Å². The van der Waals surface area contributed by atoms with Crippen molar-refractivity contribution in [1.82, 2.24) is 0 Å². The van der Waals surface area contributed by atoms with Crippen molar-refractivity contribution in [3.63, 3.8) is 0 Å². The van der Waals surface area contributed by atoms with Crippen LogP contribution in [0, 0.1) is 0 Å². The molecule has 26 heavy (non-hydrogen) atoms. The van der Waals surface area contributed by atoms with Crippen LogP contribution < -0.4 is 5.63 Å². The van der Waals surface area contributed by atoms with Crippen molar-refractivity contribution in [2.24, 2.45) is 0 Å². The van der Waals surface area contributed by atoms with Crippen LogP contribution in [0.4, 0.5) is 0 Å². The number of benzene rings is 1. The maximum absolute atomic E-state index is 12.3. The second kappa shape index (κ2) is 11.7. The molecule has 0 amide bonds. The Labute approximate surface area is 156 Å². The summed E-state index contributed by atoms with van der Waals surface area (Å²) in [4.78, 5) is 24.3. The number of Topliss-reactive ketones (excluding diaryl/α,β-unsaturated/α-hetero) is 1. The molecule has 0 saturated carbocycles. The highest BCUT2D eigenvalue weighted by atomic mass is 16.4. The molecule has 0 fully saturated rings. The Morgan fingerprint density at radius 2 is 1.42 bits per heavy atom. The van der Waals surface area contributed by atoms with Crippen molar-refractivity contribution < 1.29 is 9.21 Å². The summed E-state index contributed by atoms with van der Waals surface area (Å²) in [7, 11) is 0. The number of fused-ring (bicyclic) bond motifs is 1. The fourth-order valence-electron chi connectivity index (χ4n) is 3.34. The second-order valence-electron chi connectivity index (χ2n) is 7.19. The zero-order chi connectivity index (χ0) is 18.6. The van der Waals surface area contributed by atoms with Gasteiger partial charge in [-0.15, -0.1) is 0 Å². The van der Waals surface area contributed by atoms with Gasteiger partial charge < -0.3 is 4.42 Å². The van der Waals surface area contributed by atoms with Gasteiger partial charge in [0.25, 0.3) is 0 Å². The van der Waals surface area contributed by atoms with E-state index < -0.39 is 5.63 Å². The van der Waals surface area contributed by atoms with Crippen LogP contribution in [0.25, 0.3) is 11.0 Å². The van der Waals surface area contributed by atoms with Gasteiger partial charge in [0.2, 0.25) is 0 Å². The van der Waals surface area contributed by atoms with Gasteiger partial charge >= 0.3 is 5.63 Å². The molecule has 0 unspecified atom stereocenters. The number of para-hydroxylation sites is 1. The largest absolute Gasteiger partial charge is 0.422 e. The molecule has 1 heterocycles. The van der Waals surface area contributed by atoms with Crippen LogP contribution in [0.2, 0.25) is 0 Å². The Morgan fingerprint density at radius 1 is 0.846 bits per heavy atom. The molecule has 2 rings (SSSR count). The van der Waals surface area contributed by atoms with E-state index in [2.05, 4.69) is 6.92 Å². The molecule has 0 saturated heterocycles. The molecule has 0 aliphatic rings. The first-order chi connectivity index (χ1) is 12.7. The quantitative estimate of drug-likeness (QED) is 0.228. The summed E-state index contributed by atoms with van der Waals surface area (Å²) in [5, 5.41) is 0.800. The van der Waals surface area contributed by atoms with Crippen LogP contribution in [0.15, 0.2) is 39.5 Å². The van der Waals surface area contributed by atoms with Gasteiger partial charge in [-0.2, -0.15) is 0 Å². The van der Waals surface area contributed by atoms with E-state index in [1.54, 1.807) is 12.1 Å². The van der Waals surface area contributed by atoms with Crippen molar-refractivity contribution in [1.29, 1.82) is 0 Å². The number of hydrogen-bond donors (Lipinski definition) is 0.